The summed E-state index contributed by atoms with van der Waals surface area (Å²) >= 11 is 7.64. The molecule has 3 nitrogen and oxygen atoms in total. The number of methoxy groups -OCH3 is 1. The highest BCUT2D eigenvalue weighted by Crippen LogP contribution is 2.42. The SMILES string of the molecule is COC(=O)C1CC(Sc2ncccc2Cl)C1. The molecule has 0 aliphatic heterocycles. The van der Waals surface area contributed by atoms with Crippen LogP contribution in [0.4, 0.5) is 0 Å². The van der Waals surface area contributed by atoms with Gasteiger partial charge in [0.1, 0.15) is 5.03 Å². The number of esters is 1. The highest BCUT2D eigenvalue weighted by atomic mass is 35.5. The molecule has 1 fully saturated rings. The number of rotatable bonds is 3. The lowest BCUT2D eigenvalue weighted by Crippen LogP contribution is -2.33. The van der Waals surface area contributed by atoms with Gasteiger partial charge in [-0.1, -0.05) is 11.6 Å². The maximum atomic E-state index is 11.2. The molecule has 0 radical (unpaired) electrons. The Labute approximate surface area is 104 Å². The number of nitrogens with zero attached hydrogens (tertiary/aromatic N) is 1. The minimum atomic E-state index is -0.107. The molecule has 0 spiro atoms. The predicted octanol–water partition coefficient (Wildman–Crippen LogP) is 2.78. The van der Waals surface area contributed by atoms with Crippen LogP contribution in [0.3, 0.4) is 0 Å². The Morgan fingerprint density at radius 1 is 1.62 bits per heavy atom. The quantitative estimate of drug-likeness (QED) is 0.781. The third-order valence-electron chi connectivity index (χ3n) is 2.63. The average molecular weight is 258 g/mol. The summed E-state index contributed by atoms with van der Waals surface area (Å²) in [7, 11) is 1.43. The molecule has 0 amide bonds. The molecule has 0 aromatic carbocycles. The fourth-order valence-corrected chi connectivity index (χ4v) is 3.17. The van der Waals surface area contributed by atoms with E-state index in [1.54, 1.807) is 18.0 Å². The molecule has 5 heteroatoms. The number of hydrogen-bond acceptors (Lipinski definition) is 4. The fourth-order valence-electron chi connectivity index (χ4n) is 1.64. The number of carbonyl (C=O) groups excluding carboxylic acids is 1. The van der Waals surface area contributed by atoms with Crippen LogP contribution in [0.25, 0.3) is 0 Å². The van der Waals surface area contributed by atoms with E-state index in [9.17, 15) is 4.79 Å². The normalized spacial score (nSPS) is 23.6. The second-order valence-electron chi connectivity index (χ2n) is 3.72. The van der Waals surface area contributed by atoms with E-state index in [0.29, 0.717) is 10.3 Å². The molecule has 1 aromatic heterocycles. The molecular formula is C11H12ClNO2S. The van der Waals surface area contributed by atoms with Gasteiger partial charge < -0.3 is 4.74 Å². The lowest BCUT2D eigenvalue weighted by molar-refractivity contribution is -0.148. The average Bonchev–Trinajstić information content (AvgIpc) is 2.24. The van der Waals surface area contributed by atoms with Crippen molar-refractivity contribution in [3.8, 4) is 0 Å². The van der Waals surface area contributed by atoms with Gasteiger partial charge in [0, 0.05) is 11.4 Å². The van der Waals surface area contributed by atoms with E-state index in [-0.39, 0.29) is 11.9 Å². The third-order valence-corrected chi connectivity index (χ3v) is 4.32. The topological polar surface area (TPSA) is 39.2 Å². The van der Waals surface area contributed by atoms with Crippen LogP contribution >= 0.6 is 23.4 Å². The molecule has 0 bridgehead atoms. The van der Waals surface area contributed by atoms with E-state index >= 15 is 0 Å². The molecule has 0 N–H and O–H groups in total. The Hall–Kier alpha value is -0.740. The monoisotopic (exact) mass is 257 g/mol. The Morgan fingerprint density at radius 2 is 2.38 bits per heavy atom. The summed E-state index contributed by atoms with van der Waals surface area (Å²) in [5, 5.41) is 1.95. The van der Waals surface area contributed by atoms with Crippen LogP contribution in [0, 0.1) is 5.92 Å². The zero-order valence-electron chi connectivity index (χ0n) is 8.85. The summed E-state index contributed by atoms with van der Waals surface area (Å²) in [6.45, 7) is 0. The van der Waals surface area contributed by atoms with E-state index in [2.05, 4.69) is 9.72 Å². The van der Waals surface area contributed by atoms with Gasteiger partial charge in [-0.3, -0.25) is 4.79 Å². The van der Waals surface area contributed by atoms with Crippen LogP contribution in [0.1, 0.15) is 12.8 Å². The maximum absolute atomic E-state index is 11.2. The van der Waals surface area contributed by atoms with E-state index in [1.807, 2.05) is 12.1 Å². The lowest BCUT2D eigenvalue weighted by Gasteiger charge is -2.32. The van der Waals surface area contributed by atoms with Crippen molar-refractivity contribution in [3.05, 3.63) is 23.4 Å². The molecule has 1 heterocycles. The van der Waals surface area contributed by atoms with Crippen molar-refractivity contribution < 1.29 is 9.53 Å². The van der Waals surface area contributed by atoms with Crippen LogP contribution in [0.2, 0.25) is 5.02 Å². The van der Waals surface area contributed by atoms with E-state index < -0.39 is 0 Å². The lowest BCUT2D eigenvalue weighted by atomic mass is 9.85. The largest absolute Gasteiger partial charge is 0.469 e. The number of halogens is 1. The van der Waals surface area contributed by atoms with Crippen molar-refractivity contribution in [1.29, 1.82) is 0 Å². The fraction of sp³-hybridized carbons (Fsp3) is 0.455. The van der Waals surface area contributed by atoms with Crippen LogP contribution in [-0.4, -0.2) is 23.3 Å². The van der Waals surface area contributed by atoms with Gasteiger partial charge in [-0.25, -0.2) is 4.98 Å². The Morgan fingerprint density at radius 3 is 3.00 bits per heavy atom. The molecule has 0 unspecified atom stereocenters. The van der Waals surface area contributed by atoms with Crippen LogP contribution in [0.5, 0.6) is 0 Å². The molecule has 0 atom stereocenters. The van der Waals surface area contributed by atoms with Gasteiger partial charge in [0.05, 0.1) is 18.1 Å². The minimum absolute atomic E-state index is 0.0602. The smallest absolute Gasteiger partial charge is 0.308 e. The van der Waals surface area contributed by atoms with Crippen molar-refractivity contribution in [2.75, 3.05) is 7.11 Å². The molecule has 2 rings (SSSR count). The van der Waals surface area contributed by atoms with Gasteiger partial charge in [0.25, 0.3) is 0 Å². The van der Waals surface area contributed by atoms with Crippen LogP contribution in [-0.2, 0) is 9.53 Å². The van der Waals surface area contributed by atoms with Crippen molar-refractivity contribution in [1.82, 2.24) is 4.98 Å². The summed E-state index contributed by atoms with van der Waals surface area (Å²) in [4.78, 5) is 15.4. The standard InChI is InChI=1S/C11H12ClNO2S/c1-15-11(14)7-5-8(6-7)16-10-9(12)3-2-4-13-10/h2-4,7-8H,5-6H2,1H3. The first-order valence-electron chi connectivity index (χ1n) is 5.05. The Balaban J connectivity index is 1.86. The first-order valence-corrected chi connectivity index (χ1v) is 6.31. The number of ether oxygens (including phenoxy) is 1. The summed E-state index contributed by atoms with van der Waals surface area (Å²) in [6.07, 6.45) is 3.43. The van der Waals surface area contributed by atoms with Gasteiger partial charge in [-0.05, 0) is 25.0 Å². The number of thioether (sulfide) groups is 1. The van der Waals surface area contributed by atoms with Crippen molar-refractivity contribution >= 4 is 29.3 Å². The highest BCUT2D eigenvalue weighted by Gasteiger charge is 2.36. The zero-order valence-corrected chi connectivity index (χ0v) is 10.4. The Bertz CT molecular complexity index is 393. The number of hydrogen-bond donors (Lipinski definition) is 0. The molecule has 86 valence electrons. The zero-order chi connectivity index (χ0) is 11.5. The van der Waals surface area contributed by atoms with E-state index in [0.717, 1.165) is 17.9 Å². The summed E-state index contributed by atoms with van der Waals surface area (Å²) in [6, 6.07) is 3.64. The predicted molar refractivity (Wildman–Crippen MR) is 63.6 cm³/mol. The number of aromatic nitrogens is 1. The summed E-state index contributed by atoms with van der Waals surface area (Å²) in [5.41, 5.74) is 0. The van der Waals surface area contributed by atoms with E-state index in [1.165, 1.54) is 7.11 Å². The Kier molecular flexibility index (Phi) is 3.71. The molecule has 0 saturated heterocycles. The third kappa shape index (κ3) is 2.50. The van der Waals surface area contributed by atoms with Gasteiger partial charge in [-0.2, -0.15) is 0 Å². The molecule has 1 aliphatic carbocycles. The number of carbonyl (C=O) groups is 1. The van der Waals surface area contributed by atoms with Gasteiger partial charge in [-0.15, -0.1) is 11.8 Å². The van der Waals surface area contributed by atoms with E-state index in [4.69, 9.17) is 11.6 Å². The van der Waals surface area contributed by atoms with Gasteiger partial charge in [0.15, 0.2) is 0 Å². The molecular weight excluding hydrogens is 246 g/mol. The van der Waals surface area contributed by atoms with Crippen molar-refractivity contribution in [2.24, 2.45) is 5.92 Å². The van der Waals surface area contributed by atoms with Gasteiger partial charge in [0.2, 0.25) is 0 Å². The second-order valence-corrected chi connectivity index (χ2v) is 5.42. The molecule has 1 saturated carbocycles. The summed E-state index contributed by atoms with van der Waals surface area (Å²) < 4.78 is 4.69. The van der Waals surface area contributed by atoms with Gasteiger partial charge >= 0.3 is 5.97 Å². The second kappa shape index (κ2) is 5.06. The molecule has 1 aromatic rings. The summed E-state index contributed by atoms with van der Waals surface area (Å²) in [5.74, 6) is -0.0473. The minimum Gasteiger partial charge on any atom is -0.469 e. The molecule has 16 heavy (non-hydrogen) atoms. The van der Waals surface area contributed by atoms with Crippen molar-refractivity contribution in [2.45, 2.75) is 23.1 Å². The first-order chi connectivity index (χ1) is 7.70. The van der Waals surface area contributed by atoms with Crippen molar-refractivity contribution in [3.63, 3.8) is 0 Å². The van der Waals surface area contributed by atoms with Crippen LogP contribution in [0.15, 0.2) is 23.4 Å². The number of pyridine rings is 1. The first kappa shape index (κ1) is 11.7. The van der Waals surface area contributed by atoms with Crippen LogP contribution < -0.4 is 0 Å². The molecule has 1 aliphatic rings. The highest BCUT2D eigenvalue weighted by molar-refractivity contribution is 8.00. The maximum Gasteiger partial charge on any atom is 0.308 e.